The highest BCUT2D eigenvalue weighted by Crippen LogP contribution is 2.42. The summed E-state index contributed by atoms with van der Waals surface area (Å²) < 4.78 is 23.3. The second kappa shape index (κ2) is 10.4. The lowest BCUT2D eigenvalue weighted by molar-refractivity contribution is -0.128. The van der Waals surface area contributed by atoms with Gasteiger partial charge in [0.1, 0.15) is 17.8 Å². The summed E-state index contributed by atoms with van der Waals surface area (Å²) in [4.78, 5) is 31.9. The molecule has 0 radical (unpaired) electrons. The van der Waals surface area contributed by atoms with Crippen molar-refractivity contribution in [1.29, 1.82) is 0 Å². The molecule has 0 spiro atoms. The van der Waals surface area contributed by atoms with E-state index >= 15 is 0 Å². The number of nitrogens with zero attached hydrogens (tertiary/aromatic N) is 2. The summed E-state index contributed by atoms with van der Waals surface area (Å²) in [5.74, 6) is 0.138. The van der Waals surface area contributed by atoms with Gasteiger partial charge in [-0.15, -0.1) is 0 Å². The van der Waals surface area contributed by atoms with Crippen molar-refractivity contribution in [2.24, 2.45) is 0 Å². The van der Waals surface area contributed by atoms with E-state index in [0.29, 0.717) is 30.0 Å². The monoisotopic (exact) mass is 462 g/mol. The molecule has 4 rings (SSSR count). The van der Waals surface area contributed by atoms with Crippen LogP contribution >= 0.6 is 0 Å². The Hall–Kier alpha value is -3.91. The number of furan rings is 1. The van der Waals surface area contributed by atoms with Gasteiger partial charge in [-0.2, -0.15) is 0 Å². The normalized spacial score (nSPS) is 11.6. The maximum atomic E-state index is 13.0. The highest BCUT2D eigenvalue weighted by Gasteiger charge is 2.24. The maximum Gasteiger partial charge on any atom is 0.336 e. The topological polar surface area (TPSA) is 95.0 Å². The minimum absolute atomic E-state index is 0.000629. The lowest BCUT2D eigenvalue weighted by atomic mass is 10.1. The molecule has 8 heteroatoms. The van der Waals surface area contributed by atoms with Crippen LogP contribution in [0.4, 0.5) is 0 Å². The highest BCUT2D eigenvalue weighted by atomic mass is 16.5. The lowest BCUT2D eigenvalue weighted by Crippen LogP contribution is -2.28. The van der Waals surface area contributed by atoms with Crippen molar-refractivity contribution in [3.8, 4) is 11.5 Å². The number of rotatable bonds is 9. The molecule has 4 aromatic rings. The van der Waals surface area contributed by atoms with E-state index in [1.54, 1.807) is 43.6 Å². The van der Waals surface area contributed by atoms with Crippen LogP contribution in [0.25, 0.3) is 28.0 Å². The van der Waals surface area contributed by atoms with E-state index in [9.17, 15) is 9.59 Å². The van der Waals surface area contributed by atoms with Gasteiger partial charge < -0.3 is 23.2 Å². The van der Waals surface area contributed by atoms with Crippen LogP contribution in [0.5, 0.6) is 11.5 Å². The number of likely N-dealkylation sites (N-methyl/N-ethyl adjacent to an activating group) is 1. The zero-order valence-electron chi connectivity index (χ0n) is 19.4. The number of carbonyl (C=O) groups excluding carboxylic acids is 1. The molecule has 3 aromatic heterocycles. The van der Waals surface area contributed by atoms with E-state index in [-0.39, 0.29) is 27.7 Å². The third kappa shape index (κ3) is 4.87. The van der Waals surface area contributed by atoms with Crippen molar-refractivity contribution in [1.82, 2.24) is 9.88 Å². The van der Waals surface area contributed by atoms with E-state index in [1.165, 1.54) is 18.4 Å². The molecule has 8 nitrogen and oxygen atoms in total. The van der Waals surface area contributed by atoms with Gasteiger partial charge in [-0.25, -0.2) is 4.79 Å². The Labute approximate surface area is 196 Å². The van der Waals surface area contributed by atoms with Gasteiger partial charge in [0, 0.05) is 31.1 Å². The largest absolute Gasteiger partial charge is 0.488 e. The third-order valence-corrected chi connectivity index (χ3v) is 5.47. The Balaban J connectivity index is 1.75. The summed E-state index contributed by atoms with van der Waals surface area (Å²) in [6.07, 6.45) is 7.56. The molecule has 34 heavy (non-hydrogen) atoms. The highest BCUT2D eigenvalue weighted by molar-refractivity contribution is 6.08. The summed E-state index contributed by atoms with van der Waals surface area (Å²) >= 11 is 0. The summed E-state index contributed by atoms with van der Waals surface area (Å²) in [5, 5.41) is 0.647. The maximum absolute atomic E-state index is 13.0. The molecule has 0 unspecified atom stereocenters. The molecule has 1 aromatic carbocycles. The van der Waals surface area contributed by atoms with Gasteiger partial charge in [-0.05, 0) is 43.8 Å². The van der Waals surface area contributed by atoms with Crippen molar-refractivity contribution in [2.75, 3.05) is 26.2 Å². The number of benzene rings is 1. The second-order valence-corrected chi connectivity index (χ2v) is 7.66. The Morgan fingerprint density at radius 3 is 2.74 bits per heavy atom. The SMILES string of the molecule is CCN(CC)CCOc1c2ccoc2c(OC(=O)/C=C/c2cccnc2)c2c(=O)cc(C)oc12. The summed E-state index contributed by atoms with van der Waals surface area (Å²) in [6, 6.07) is 6.61. The summed E-state index contributed by atoms with van der Waals surface area (Å²) in [7, 11) is 0. The predicted molar refractivity (Wildman–Crippen MR) is 129 cm³/mol. The van der Waals surface area contributed by atoms with Crippen LogP contribution in [0.3, 0.4) is 0 Å². The number of ether oxygens (including phenoxy) is 2. The van der Waals surface area contributed by atoms with E-state index in [1.807, 2.05) is 0 Å². The second-order valence-electron chi connectivity index (χ2n) is 7.66. The molecule has 0 aliphatic heterocycles. The first-order valence-electron chi connectivity index (χ1n) is 11.1. The van der Waals surface area contributed by atoms with Gasteiger partial charge >= 0.3 is 5.97 Å². The first kappa shape index (κ1) is 23.3. The van der Waals surface area contributed by atoms with Gasteiger partial charge in [0.05, 0.1) is 11.6 Å². The Morgan fingerprint density at radius 2 is 2.00 bits per heavy atom. The minimum Gasteiger partial charge on any atom is -0.488 e. The van der Waals surface area contributed by atoms with Crippen LogP contribution in [0.2, 0.25) is 0 Å². The van der Waals surface area contributed by atoms with Gasteiger partial charge in [0.25, 0.3) is 0 Å². The first-order chi connectivity index (χ1) is 16.5. The first-order valence-corrected chi connectivity index (χ1v) is 11.1. The Bertz CT molecular complexity index is 1380. The molecule has 176 valence electrons. The number of carbonyl (C=O) groups is 1. The number of pyridine rings is 1. The van der Waals surface area contributed by atoms with Crippen molar-refractivity contribution in [2.45, 2.75) is 20.8 Å². The zero-order chi connectivity index (χ0) is 24.1. The fraction of sp³-hybridized carbons (Fsp3) is 0.269. The smallest absolute Gasteiger partial charge is 0.336 e. The lowest BCUT2D eigenvalue weighted by Gasteiger charge is -2.19. The number of aryl methyl sites for hydroxylation is 1. The van der Waals surface area contributed by atoms with Crippen LogP contribution < -0.4 is 14.9 Å². The van der Waals surface area contributed by atoms with Crippen LogP contribution in [0.1, 0.15) is 25.2 Å². The Kier molecular flexibility index (Phi) is 7.08. The molecule has 3 heterocycles. The number of esters is 1. The quantitative estimate of drug-likeness (QED) is 0.203. The number of hydrogen-bond donors (Lipinski definition) is 0. The van der Waals surface area contributed by atoms with Crippen molar-refractivity contribution >= 4 is 34.0 Å². The van der Waals surface area contributed by atoms with Gasteiger partial charge in [-0.1, -0.05) is 19.9 Å². The van der Waals surface area contributed by atoms with Crippen molar-refractivity contribution in [3.05, 3.63) is 70.5 Å². The third-order valence-electron chi connectivity index (χ3n) is 5.47. The number of aromatic nitrogens is 1. The Morgan fingerprint density at radius 1 is 1.18 bits per heavy atom. The van der Waals surface area contributed by atoms with Crippen LogP contribution in [-0.2, 0) is 4.79 Å². The van der Waals surface area contributed by atoms with Crippen LogP contribution in [-0.4, -0.2) is 42.1 Å². The fourth-order valence-electron chi connectivity index (χ4n) is 3.72. The summed E-state index contributed by atoms with van der Waals surface area (Å²) in [5.41, 5.74) is 0.839. The van der Waals surface area contributed by atoms with E-state index in [0.717, 1.165) is 18.7 Å². The number of hydrogen-bond acceptors (Lipinski definition) is 8. The molecular formula is C26H26N2O6. The van der Waals surface area contributed by atoms with E-state index in [2.05, 4.69) is 23.7 Å². The van der Waals surface area contributed by atoms with Crippen molar-refractivity contribution in [3.63, 3.8) is 0 Å². The molecule has 0 N–H and O–H groups in total. The van der Waals surface area contributed by atoms with Crippen molar-refractivity contribution < 1.29 is 23.1 Å². The average molecular weight is 463 g/mol. The van der Waals surface area contributed by atoms with Gasteiger partial charge in [0.2, 0.25) is 0 Å². The number of fused-ring (bicyclic) bond motifs is 2. The molecule has 0 amide bonds. The molecular weight excluding hydrogens is 436 g/mol. The molecule has 0 saturated heterocycles. The molecule has 0 saturated carbocycles. The molecule has 0 fully saturated rings. The molecule has 0 aliphatic carbocycles. The van der Waals surface area contributed by atoms with E-state index in [4.69, 9.17) is 18.3 Å². The average Bonchev–Trinajstić information content (AvgIpc) is 3.32. The van der Waals surface area contributed by atoms with Gasteiger partial charge in [-0.3, -0.25) is 9.78 Å². The van der Waals surface area contributed by atoms with E-state index < -0.39 is 5.97 Å². The standard InChI is InChI=1S/C26H26N2O6/c1-4-28(5-2)12-14-32-23-19-10-13-31-24(19)26(22-20(29)15-17(3)33-25(22)23)34-21(30)9-8-18-7-6-11-27-16-18/h6-11,13,15-16H,4-5,12,14H2,1-3H3/b9-8+. The van der Waals surface area contributed by atoms with Crippen LogP contribution in [0, 0.1) is 6.92 Å². The zero-order valence-corrected chi connectivity index (χ0v) is 19.4. The minimum atomic E-state index is -0.668. The fourth-order valence-corrected chi connectivity index (χ4v) is 3.72. The van der Waals surface area contributed by atoms with Gasteiger partial charge in [0.15, 0.2) is 28.1 Å². The summed E-state index contributed by atoms with van der Waals surface area (Å²) in [6.45, 7) is 8.75. The molecule has 0 aliphatic rings. The molecule has 0 bridgehead atoms. The predicted octanol–water partition coefficient (Wildman–Crippen LogP) is 4.58. The molecule has 0 atom stereocenters. The van der Waals surface area contributed by atoms with Crippen LogP contribution in [0.15, 0.2) is 62.6 Å².